The van der Waals surface area contributed by atoms with Gasteiger partial charge in [-0.3, -0.25) is 4.79 Å². The first-order chi connectivity index (χ1) is 9.43. The lowest BCUT2D eigenvalue weighted by Gasteiger charge is -2.36. The highest BCUT2D eigenvalue weighted by atomic mass is 16.5. The molecule has 0 bridgehead atoms. The lowest BCUT2D eigenvalue weighted by Crippen LogP contribution is -2.54. The molecule has 0 aromatic heterocycles. The highest BCUT2D eigenvalue weighted by Gasteiger charge is 2.35. The van der Waals surface area contributed by atoms with E-state index in [2.05, 4.69) is 15.4 Å². The molecule has 0 atom stereocenters. The van der Waals surface area contributed by atoms with E-state index in [0.717, 1.165) is 19.3 Å². The number of ether oxygens (including phenoxy) is 1. The Hall–Kier alpha value is -1.99. The van der Waals surface area contributed by atoms with Crippen molar-refractivity contribution in [3.63, 3.8) is 0 Å². The molecular weight excluding hydrogens is 266 g/mol. The number of aliphatic carboxylic acids is 1. The normalized spacial score (nSPS) is 17.0. The Morgan fingerprint density at radius 1 is 1.20 bits per heavy atom. The number of carboxylic acids is 1. The predicted molar refractivity (Wildman–Crippen MR) is 70.1 cm³/mol. The number of hydrogen-bond acceptors (Lipinski definition) is 4. The first kappa shape index (κ1) is 16.1. The highest BCUT2D eigenvalue weighted by Crippen LogP contribution is 2.31. The topological polar surface area (TPSA) is 131 Å². The molecule has 0 saturated heterocycles. The zero-order chi connectivity index (χ0) is 15.0. The molecule has 114 valence electrons. The van der Waals surface area contributed by atoms with Gasteiger partial charge >= 0.3 is 18.1 Å². The number of carbonyl (C=O) groups excluding carboxylic acids is 2. The summed E-state index contributed by atoms with van der Waals surface area (Å²) in [5.41, 5.74) is 4.10. The Kier molecular flexibility index (Phi) is 6.08. The van der Waals surface area contributed by atoms with Crippen molar-refractivity contribution in [1.29, 1.82) is 0 Å². The van der Waals surface area contributed by atoms with Crippen molar-refractivity contribution in [3.8, 4) is 0 Å². The van der Waals surface area contributed by atoms with Crippen molar-refractivity contribution in [2.75, 3.05) is 13.2 Å². The van der Waals surface area contributed by atoms with E-state index in [1.54, 1.807) is 0 Å². The molecule has 1 saturated carbocycles. The van der Waals surface area contributed by atoms with E-state index in [4.69, 9.17) is 10.8 Å². The number of urea groups is 1. The maximum atomic E-state index is 11.8. The molecule has 1 rings (SSSR count). The van der Waals surface area contributed by atoms with Gasteiger partial charge < -0.3 is 26.2 Å². The van der Waals surface area contributed by atoms with Crippen LogP contribution in [0.4, 0.5) is 9.59 Å². The minimum Gasteiger partial charge on any atom is -0.481 e. The molecule has 0 radical (unpaired) electrons. The first-order valence-electron chi connectivity index (χ1n) is 6.64. The van der Waals surface area contributed by atoms with Crippen molar-refractivity contribution < 1.29 is 24.2 Å². The summed E-state index contributed by atoms with van der Waals surface area (Å²) in [4.78, 5) is 33.0. The standard InChI is InChI=1S/C12H21N3O5/c13-10(18)20-7-6-14-11(19)15-12(8-9(16)17)4-2-1-3-5-12/h1-8H2,(H2,13,18)(H,16,17)(H2,14,15,19). The molecule has 1 aliphatic rings. The van der Waals surface area contributed by atoms with Crippen LogP contribution in [-0.4, -0.2) is 41.9 Å². The summed E-state index contributed by atoms with van der Waals surface area (Å²) >= 11 is 0. The number of carboxylic acid groups (broad SMARTS) is 1. The fourth-order valence-corrected chi connectivity index (χ4v) is 2.47. The second kappa shape index (κ2) is 7.56. The summed E-state index contributed by atoms with van der Waals surface area (Å²) in [7, 11) is 0. The third-order valence-electron chi connectivity index (χ3n) is 3.31. The van der Waals surface area contributed by atoms with Crippen molar-refractivity contribution in [3.05, 3.63) is 0 Å². The molecular formula is C12H21N3O5. The molecule has 3 amide bonds. The van der Waals surface area contributed by atoms with E-state index in [1.165, 1.54) is 0 Å². The van der Waals surface area contributed by atoms with E-state index in [9.17, 15) is 14.4 Å². The minimum absolute atomic E-state index is 0.0192. The van der Waals surface area contributed by atoms with Gasteiger partial charge in [0.1, 0.15) is 6.61 Å². The van der Waals surface area contributed by atoms with Gasteiger partial charge in [-0.1, -0.05) is 19.3 Å². The van der Waals surface area contributed by atoms with Crippen LogP contribution in [-0.2, 0) is 9.53 Å². The van der Waals surface area contributed by atoms with E-state index < -0.39 is 23.6 Å². The Labute approximate surface area is 117 Å². The largest absolute Gasteiger partial charge is 0.481 e. The van der Waals surface area contributed by atoms with Gasteiger partial charge in [0.25, 0.3) is 0 Å². The Morgan fingerprint density at radius 3 is 2.40 bits per heavy atom. The smallest absolute Gasteiger partial charge is 0.404 e. The lowest BCUT2D eigenvalue weighted by atomic mass is 9.79. The second-order valence-corrected chi connectivity index (χ2v) is 4.96. The van der Waals surface area contributed by atoms with Crippen LogP contribution in [0.1, 0.15) is 38.5 Å². The lowest BCUT2D eigenvalue weighted by molar-refractivity contribution is -0.139. The SMILES string of the molecule is NC(=O)OCCNC(=O)NC1(CC(=O)O)CCCCC1. The van der Waals surface area contributed by atoms with Crippen LogP contribution in [0.25, 0.3) is 0 Å². The molecule has 20 heavy (non-hydrogen) atoms. The van der Waals surface area contributed by atoms with E-state index in [0.29, 0.717) is 12.8 Å². The fourth-order valence-electron chi connectivity index (χ4n) is 2.47. The molecule has 0 aromatic rings. The molecule has 0 spiro atoms. The van der Waals surface area contributed by atoms with Gasteiger partial charge in [-0.25, -0.2) is 9.59 Å². The van der Waals surface area contributed by atoms with Gasteiger partial charge in [0.15, 0.2) is 0 Å². The molecule has 0 aliphatic heterocycles. The number of primary amides is 1. The van der Waals surface area contributed by atoms with Gasteiger partial charge in [0.2, 0.25) is 0 Å². The van der Waals surface area contributed by atoms with Crippen LogP contribution in [0.5, 0.6) is 0 Å². The first-order valence-corrected chi connectivity index (χ1v) is 6.64. The average molecular weight is 287 g/mol. The number of rotatable bonds is 6. The molecule has 0 unspecified atom stereocenters. The third-order valence-corrected chi connectivity index (χ3v) is 3.31. The van der Waals surface area contributed by atoms with Crippen LogP contribution in [0.2, 0.25) is 0 Å². The van der Waals surface area contributed by atoms with Gasteiger partial charge in [-0.05, 0) is 12.8 Å². The van der Waals surface area contributed by atoms with Crippen LogP contribution >= 0.6 is 0 Å². The summed E-state index contributed by atoms with van der Waals surface area (Å²) in [5, 5.41) is 14.2. The Balaban J connectivity index is 2.41. The summed E-state index contributed by atoms with van der Waals surface area (Å²) in [6, 6.07) is -0.457. The van der Waals surface area contributed by atoms with Gasteiger partial charge in [0, 0.05) is 0 Å². The average Bonchev–Trinajstić information content (AvgIpc) is 2.34. The monoisotopic (exact) mass is 287 g/mol. The summed E-state index contributed by atoms with van der Waals surface area (Å²) in [6.45, 7) is 0.104. The van der Waals surface area contributed by atoms with Crippen LogP contribution in [0.15, 0.2) is 0 Å². The van der Waals surface area contributed by atoms with Crippen molar-refractivity contribution in [1.82, 2.24) is 10.6 Å². The van der Waals surface area contributed by atoms with Crippen LogP contribution < -0.4 is 16.4 Å². The number of nitrogens with one attached hydrogen (secondary N) is 2. The Bertz CT molecular complexity index is 366. The number of carbonyl (C=O) groups is 3. The van der Waals surface area contributed by atoms with E-state index in [-0.39, 0.29) is 19.6 Å². The number of amides is 3. The molecule has 8 nitrogen and oxygen atoms in total. The van der Waals surface area contributed by atoms with E-state index >= 15 is 0 Å². The molecule has 0 heterocycles. The fraction of sp³-hybridized carbons (Fsp3) is 0.750. The molecule has 1 fully saturated rings. The molecule has 0 aromatic carbocycles. The zero-order valence-electron chi connectivity index (χ0n) is 11.3. The van der Waals surface area contributed by atoms with Gasteiger partial charge in [-0.2, -0.15) is 0 Å². The van der Waals surface area contributed by atoms with Crippen LogP contribution in [0, 0.1) is 0 Å². The molecule has 8 heteroatoms. The summed E-state index contributed by atoms with van der Waals surface area (Å²) in [5.74, 6) is -0.927. The highest BCUT2D eigenvalue weighted by molar-refractivity contribution is 5.76. The Morgan fingerprint density at radius 2 is 1.85 bits per heavy atom. The maximum Gasteiger partial charge on any atom is 0.404 e. The minimum atomic E-state index is -0.927. The second-order valence-electron chi connectivity index (χ2n) is 4.96. The number of nitrogens with two attached hydrogens (primary N) is 1. The zero-order valence-corrected chi connectivity index (χ0v) is 11.3. The summed E-state index contributed by atoms with van der Waals surface area (Å²) in [6.07, 6.45) is 3.18. The van der Waals surface area contributed by atoms with Gasteiger partial charge in [-0.15, -0.1) is 0 Å². The number of hydrogen-bond donors (Lipinski definition) is 4. The van der Waals surface area contributed by atoms with Crippen molar-refractivity contribution >= 4 is 18.1 Å². The van der Waals surface area contributed by atoms with Crippen LogP contribution in [0.3, 0.4) is 0 Å². The summed E-state index contributed by atoms with van der Waals surface area (Å²) < 4.78 is 4.47. The van der Waals surface area contributed by atoms with Gasteiger partial charge in [0.05, 0.1) is 18.5 Å². The third kappa shape index (κ3) is 5.77. The van der Waals surface area contributed by atoms with E-state index in [1.807, 2.05) is 0 Å². The maximum absolute atomic E-state index is 11.8. The molecule has 5 N–H and O–H groups in total. The van der Waals surface area contributed by atoms with Crippen molar-refractivity contribution in [2.24, 2.45) is 5.73 Å². The predicted octanol–water partition coefficient (Wildman–Crippen LogP) is 0.558. The molecule has 1 aliphatic carbocycles. The quantitative estimate of drug-likeness (QED) is 0.530. The van der Waals surface area contributed by atoms with Crippen molar-refractivity contribution in [2.45, 2.75) is 44.1 Å².